The molecule has 6 heteroatoms. The number of hydrogen-bond acceptors (Lipinski definition) is 5. The number of nitrogens with zero attached hydrogens (tertiary/aromatic N) is 2. The van der Waals surface area contributed by atoms with Crippen molar-refractivity contribution in [3.05, 3.63) is 21.8 Å². The Morgan fingerprint density at radius 1 is 1.37 bits per heavy atom. The van der Waals surface area contributed by atoms with E-state index < -0.39 is 0 Å². The van der Waals surface area contributed by atoms with E-state index in [9.17, 15) is 0 Å². The third-order valence-electron chi connectivity index (χ3n) is 3.76. The van der Waals surface area contributed by atoms with Gasteiger partial charge < -0.3 is 10.3 Å². The standard InChI is InChI=1S/C13H16BrN3OS/c14-11-6-5-10(19-11)12-16-13(18-17-12)9-4-2-1-3-8(9)7-15/h5-6,8-9H,1-4,7,15H2. The van der Waals surface area contributed by atoms with Crippen LogP contribution in [-0.2, 0) is 0 Å². The Kier molecular flexibility index (Phi) is 4.00. The van der Waals surface area contributed by atoms with E-state index in [0.717, 1.165) is 21.0 Å². The molecule has 4 nitrogen and oxygen atoms in total. The van der Waals surface area contributed by atoms with E-state index in [1.807, 2.05) is 12.1 Å². The van der Waals surface area contributed by atoms with E-state index in [1.165, 1.54) is 19.3 Å². The second kappa shape index (κ2) is 5.73. The van der Waals surface area contributed by atoms with Crippen molar-refractivity contribution >= 4 is 27.3 Å². The minimum absolute atomic E-state index is 0.336. The van der Waals surface area contributed by atoms with Crippen molar-refractivity contribution in [3.63, 3.8) is 0 Å². The average molecular weight is 342 g/mol. The Balaban J connectivity index is 1.84. The van der Waals surface area contributed by atoms with Gasteiger partial charge in [0.1, 0.15) is 0 Å². The summed E-state index contributed by atoms with van der Waals surface area (Å²) < 4.78 is 6.55. The summed E-state index contributed by atoms with van der Waals surface area (Å²) in [6.45, 7) is 0.701. The van der Waals surface area contributed by atoms with Crippen LogP contribution >= 0.6 is 27.3 Å². The van der Waals surface area contributed by atoms with Gasteiger partial charge in [-0.1, -0.05) is 18.0 Å². The Hall–Kier alpha value is -0.720. The van der Waals surface area contributed by atoms with Gasteiger partial charge in [0.05, 0.1) is 8.66 Å². The summed E-state index contributed by atoms with van der Waals surface area (Å²) in [5.74, 6) is 2.27. The van der Waals surface area contributed by atoms with Gasteiger partial charge in [-0.15, -0.1) is 11.3 Å². The van der Waals surface area contributed by atoms with Crippen molar-refractivity contribution in [1.82, 2.24) is 10.1 Å². The van der Waals surface area contributed by atoms with Crippen LogP contribution in [0.1, 0.15) is 37.5 Å². The van der Waals surface area contributed by atoms with Crippen LogP contribution in [-0.4, -0.2) is 16.7 Å². The van der Waals surface area contributed by atoms with Crippen LogP contribution in [0.2, 0.25) is 0 Å². The van der Waals surface area contributed by atoms with Crippen molar-refractivity contribution in [3.8, 4) is 10.7 Å². The molecule has 0 bridgehead atoms. The third-order valence-corrected chi connectivity index (χ3v) is 5.38. The van der Waals surface area contributed by atoms with Crippen LogP contribution in [0.15, 0.2) is 20.4 Å². The molecular formula is C13H16BrN3OS. The lowest BCUT2D eigenvalue weighted by molar-refractivity contribution is 0.249. The molecule has 2 N–H and O–H groups in total. The van der Waals surface area contributed by atoms with Gasteiger partial charge in [0.15, 0.2) is 0 Å². The van der Waals surface area contributed by atoms with E-state index >= 15 is 0 Å². The molecule has 2 aromatic rings. The molecule has 1 aliphatic rings. The lowest BCUT2D eigenvalue weighted by atomic mass is 9.79. The molecule has 2 aromatic heterocycles. The summed E-state index contributed by atoms with van der Waals surface area (Å²) in [7, 11) is 0. The molecule has 2 heterocycles. The molecule has 0 amide bonds. The molecule has 2 atom stereocenters. The van der Waals surface area contributed by atoms with E-state index in [-0.39, 0.29) is 0 Å². The highest BCUT2D eigenvalue weighted by atomic mass is 79.9. The number of hydrogen-bond donors (Lipinski definition) is 1. The van der Waals surface area contributed by atoms with Crippen LogP contribution in [0, 0.1) is 5.92 Å². The van der Waals surface area contributed by atoms with Crippen LogP contribution in [0.4, 0.5) is 0 Å². The van der Waals surface area contributed by atoms with Gasteiger partial charge >= 0.3 is 0 Å². The van der Waals surface area contributed by atoms with Gasteiger partial charge in [-0.25, -0.2) is 0 Å². The molecule has 1 aliphatic carbocycles. The fraction of sp³-hybridized carbons (Fsp3) is 0.538. The topological polar surface area (TPSA) is 64.9 Å². The quantitative estimate of drug-likeness (QED) is 0.922. The molecule has 102 valence electrons. The SMILES string of the molecule is NCC1CCCCC1c1nc(-c2ccc(Br)s2)no1. The molecule has 1 fully saturated rings. The molecule has 0 spiro atoms. The fourth-order valence-corrected chi connectivity index (χ4v) is 4.05. The maximum absolute atomic E-state index is 5.86. The Morgan fingerprint density at radius 2 is 2.21 bits per heavy atom. The van der Waals surface area contributed by atoms with E-state index in [0.29, 0.717) is 24.2 Å². The van der Waals surface area contributed by atoms with Gasteiger partial charge in [0.25, 0.3) is 0 Å². The normalized spacial score (nSPS) is 23.7. The molecule has 0 radical (unpaired) electrons. The van der Waals surface area contributed by atoms with Gasteiger partial charge in [0.2, 0.25) is 11.7 Å². The van der Waals surface area contributed by atoms with Crippen molar-refractivity contribution in [2.75, 3.05) is 6.54 Å². The Labute approximate surface area is 124 Å². The van der Waals surface area contributed by atoms with Crippen molar-refractivity contribution in [2.45, 2.75) is 31.6 Å². The predicted molar refractivity (Wildman–Crippen MR) is 79.1 cm³/mol. The molecule has 0 aromatic carbocycles. The van der Waals surface area contributed by atoms with Crippen LogP contribution in [0.25, 0.3) is 10.7 Å². The maximum atomic E-state index is 5.86. The maximum Gasteiger partial charge on any atom is 0.230 e. The van der Waals surface area contributed by atoms with Crippen LogP contribution in [0.5, 0.6) is 0 Å². The number of halogens is 1. The summed E-state index contributed by atoms with van der Waals surface area (Å²) in [5, 5.41) is 4.11. The average Bonchev–Trinajstić information content (AvgIpc) is 3.07. The summed E-state index contributed by atoms with van der Waals surface area (Å²) in [6, 6.07) is 4.00. The highest BCUT2D eigenvalue weighted by molar-refractivity contribution is 9.11. The van der Waals surface area contributed by atoms with Crippen LogP contribution in [0.3, 0.4) is 0 Å². The zero-order chi connectivity index (χ0) is 13.2. The second-order valence-corrected chi connectivity index (χ2v) is 7.41. The second-order valence-electron chi connectivity index (χ2n) is 4.95. The monoisotopic (exact) mass is 341 g/mol. The first-order valence-corrected chi connectivity index (χ1v) is 8.18. The lowest BCUT2D eigenvalue weighted by Gasteiger charge is -2.27. The number of nitrogens with two attached hydrogens (primary N) is 1. The first-order valence-electron chi connectivity index (χ1n) is 6.57. The molecule has 19 heavy (non-hydrogen) atoms. The Bertz CT molecular complexity index is 554. The minimum Gasteiger partial charge on any atom is -0.339 e. The van der Waals surface area contributed by atoms with Crippen molar-refractivity contribution in [2.24, 2.45) is 11.7 Å². The predicted octanol–water partition coefficient (Wildman–Crippen LogP) is 3.79. The molecule has 0 aliphatic heterocycles. The lowest BCUT2D eigenvalue weighted by Crippen LogP contribution is -2.25. The van der Waals surface area contributed by atoms with Gasteiger partial charge in [-0.3, -0.25) is 0 Å². The smallest absolute Gasteiger partial charge is 0.230 e. The molecular weight excluding hydrogens is 326 g/mol. The van der Waals surface area contributed by atoms with E-state index in [2.05, 4.69) is 26.1 Å². The third kappa shape index (κ3) is 2.75. The first kappa shape index (κ1) is 13.3. The summed E-state index contributed by atoms with van der Waals surface area (Å²) in [4.78, 5) is 5.60. The molecule has 0 saturated heterocycles. The van der Waals surface area contributed by atoms with E-state index in [1.54, 1.807) is 11.3 Å². The van der Waals surface area contributed by atoms with E-state index in [4.69, 9.17) is 10.3 Å². The fourth-order valence-electron chi connectivity index (χ4n) is 2.74. The summed E-state index contributed by atoms with van der Waals surface area (Å²) >= 11 is 5.06. The molecule has 2 unspecified atom stereocenters. The zero-order valence-electron chi connectivity index (χ0n) is 10.5. The van der Waals surface area contributed by atoms with Gasteiger partial charge in [-0.05, 0) is 53.4 Å². The number of thiophene rings is 1. The first-order chi connectivity index (χ1) is 9.28. The summed E-state index contributed by atoms with van der Waals surface area (Å²) in [6.07, 6.45) is 4.77. The number of aromatic nitrogens is 2. The van der Waals surface area contributed by atoms with Crippen molar-refractivity contribution < 1.29 is 4.52 Å². The van der Waals surface area contributed by atoms with Crippen molar-refractivity contribution in [1.29, 1.82) is 0 Å². The zero-order valence-corrected chi connectivity index (χ0v) is 12.9. The number of rotatable bonds is 3. The van der Waals surface area contributed by atoms with Crippen LogP contribution < -0.4 is 5.73 Å². The summed E-state index contributed by atoms with van der Waals surface area (Å²) in [5.41, 5.74) is 5.86. The Morgan fingerprint density at radius 3 is 2.95 bits per heavy atom. The highest BCUT2D eigenvalue weighted by Gasteiger charge is 2.30. The highest BCUT2D eigenvalue weighted by Crippen LogP contribution is 2.37. The van der Waals surface area contributed by atoms with Gasteiger partial charge in [-0.2, -0.15) is 4.98 Å². The molecule has 3 rings (SSSR count). The minimum atomic E-state index is 0.336. The largest absolute Gasteiger partial charge is 0.339 e. The van der Waals surface area contributed by atoms with Gasteiger partial charge in [0, 0.05) is 5.92 Å². The molecule has 1 saturated carbocycles.